The lowest BCUT2D eigenvalue weighted by molar-refractivity contribution is 0.0212. The van der Waals surface area contributed by atoms with Crippen LogP contribution in [-0.4, -0.2) is 88.6 Å². The zero-order chi connectivity index (χ0) is 27.6. The van der Waals surface area contributed by atoms with Crippen LogP contribution in [0.3, 0.4) is 0 Å². The number of hydrogen-bond acceptors (Lipinski definition) is 9. The highest BCUT2D eigenvalue weighted by Crippen LogP contribution is 2.40. The second kappa shape index (κ2) is 9.75. The summed E-state index contributed by atoms with van der Waals surface area (Å²) in [5, 5.41) is 16.1. The van der Waals surface area contributed by atoms with Crippen LogP contribution in [0.4, 0.5) is 10.2 Å². The summed E-state index contributed by atoms with van der Waals surface area (Å²) in [5.41, 5.74) is 0.829. The normalized spacial score (nSPS) is 23.8. The number of aromatic hydroxyl groups is 1. The Hall–Kier alpha value is -3.60. The number of nitrogens with one attached hydrogen (secondary N) is 1. The monoisotopic (exact) mass is 556 g/mol. The third-order valence-corrected chi connectivity index (χ3v) is 9.43. The van der Waals surface area contributed by atoms with E-state index in [1.807, 2.05) is 24.3 Å². The number of anilines is 1. The van der Waals surface area contributed by atoms with E-state index in [9.17, 15) is 5.11 Å². The number of benzene rings is 2. The van der Waals surface area contributed by atoms with Gasteiger partial charge in [-0.1, -0.05) is 24.3 Å². The maximum Gasteiger partial charge on any atom is 0.319 e. The molecular weight excluding hydrogens is 523 g/mol. The Morgan fingerprint density at radius 1 is 1.10 bits per heavy atom. The molecule has 2 atom stereocenters. The largest absolute Gasteiger partial charge is 0.508 e. The van der Waals surface area contributed by atoms with Crippen molar-refractivity contribution in [1.82, 2.24) is 25.2 Å². The predicted molar refractivity (Wildman–Crippen MR) is 154 cm³/mol. The molecule has 0 spiro atoms. The average Bonchev–Trinajstić information content (AvgIpc) is 3.70. The molecule has 4 aromatic rings. The average molecular weight is 557 g/mol. The van der Waals surface area contributed by atoms with Gasteiger partial charge in [0, 0.05) is 31.4 Å². The van der Waals surface area contributed by atoms with Crippen LogP contribution >= 0.6 is 0 Å². The molecular formula is C31H33FN6O3. The van der Waals surface area contributed by atoms with Crippen LogP contribution < -0.4 is 15.0 Å². The minimum atomic E-state index is -0.556. The maximum atomic E-state index is 16.6. The van der Waals surface area contributed by atoms with E-state index in [2.05, 4.69) is 25.1 Å². The Kier molecular flexibility index (Phi) is 5.98. The van der Waals surface area contributed by atoms with Gasteiger partial charge in [0.15, 0.2) is 5.82 Å². The van der Waals surface area contributed by atoms with Crippen molar-refractivity contribution >= 4 is 27.5 Å². The molecule has 4 saturated heterocycles. The number of halogens is 1. The van der Waals surface area contributed by atoms with E-state index in [0.717, 1.165) is 56.1 Å². The Bertz CT molecular complexity index is 1630. The predicted octanol–water partition coefficient (Wildman–Crippen LogP) is 3.87. The lowest BCUT2D eigenvalue weighted by Crippen LogP contribution is -2.47. The van der Waals surface area contributed by atoms with Gasteiger partial charge in [-0.25, -0.2) is 4.39 Å². The molecule has 2 aromatic carbocycles. The molecule has 0 saturated carbocycles. The molecule has 10 heteroatoms. The van der Waals surface area contributed by atoms with E-state index in [-0.39, 0.29) is 40.7 Å². The van der Waals surface area contributed by atoms with E-state index < -0.39 is 5.82 Å². The third kappa shape index (κ3) is 4.19. The molecule has 0 radical (unpaired) electrons. The van der Waals surface area contributed by atoms with Gasteiger partial charge in [0.2, 0.25) is 0 Å². The summed E-state index contributed by atoms with van der Waals surface area (Å²) < 4.78 is 28.9. The molecule has 0 amide bonds. The second-order valence-electron chi connectivity index (χ2n) is 11.8. The summed E-state index contributed by atoms with van der Waals surface area (Å²) in [6, 6.07) is 11.2. The molecule has 0 aliphatic carbocycles. The Labute approximate surface area is 237 Å². The number of morpholine rings is 1. The van der Waals surface area contributed by atoms with Gasteiger partial charge in [-0.15, -0.1) is 0 Å². The van der Waals surface area contributed by atoms with Crippen LogP contribution in [0.5, 0.6) is 11.8 Å². The van der Waals surface area contributed by atoms with Crippen molar-refractivity contribution in [2.75, 3.05) is 50.8 Å². The fourth-order valence-electron chi connectivity index (χ4n) is 7.43. The van der Waals surface area contributed by atoms with Gasteiger partial charge in [-0.05, 0) is 61.7 Å². The molecule has 8 rings (SSSR count). The number of aromatic nitrogens is 3. The van der Waals surface area contributed by atoms with Crippen LogP contribution in [0.1, 0.15) is 25.7 Å². The molecule has 2 aromatic heterocycles. The highest BCUT2D eigenvalue weighted by molar-refractivity contribution is 5.99. The third-order valence-electron chi connectivity index (χ3n) is 9.43. The molecule has 2 N–H and O–H groups in total. The first kappa shape index (κ1) is 25.1. The summed E-state index contributed by atoms with van der Waals surface area (Å²) in [7, 11) is 0. The summed E-state index contributed by atoms with van der Waals surface area (Å²) >= 11 is 0. The summed E-state index contributed by atoms with van der Waals surface area (Å²) in [5.74, 6) is 0.103. The van der Waals surface area contributed by atoms with Gasteiger partial charge in [0.25, 0.3) is 0 Å². The highest BCUT2D eigenvalue weighted by atomic mass is 19.1. The lowest BCUT2D eigenvalue weighted by Gasteiger charge is -2.31. The Morgan fingerprint density at radius 3 is 2.80 bits per heavy atom. The zero-order valence-corrected chi connectivity index (χ0v) is 22.9. The summed E-state index contributed by atoms with van der Waals surface area (Å²) in [6.07, 6.45) is 6.21. The number of phenolic OH excluding ortho intramolecular Hbond substituents is 1. The number of ether oxygens (including phenoxy) is 2. The topological polar surface area (TPSA) is 95.9 Å². The van der Waals surface area contributed by atoms with E-state index in [1.165, 1.54) is 0 Å². The summed E-state index contributed by atoms with van der Waals surface area (Å²) in [6.45, 7) is 5.49. The quantitative estimate of drug-likeness (QED) is 0.380. The van der Waals surface area contributed by atoms with Crippen molar-refractivity contribution in [1.29, 1.82) is 0 Å². The SMILES string of the molecule is Oc1cc(-c2ncc3c(N4CC5NCCOC5C4)nc(OCC45CCCN4CCC5)nc3c2F)c2ccccc2c1. The minimum absolute atomic E-state index is 0.0151. The van der Waals surface area contributed by atoms with Crippen LogP contribution in [0, 0.1) is 5.82 Å². The molecule has 4 fully saturated rings. The number of pyridine rings is 1. The standard InChI is InChI=1S/C31H33FN6O3/c32-26-27(22-14-20(39)13-19-5-1-2-6-21(19)22)34-15-23-28(26)35-30(41-18-31-7-3-10-38(31)11-4-8-31)36-29(23)37-16-24-25(17-37)40-12-9-33-24/h1-2,5-6,13-15,24-25,33,39H,3-4,7-12,16-18H2. The number of hydrogen-bond donors (Lipinski definition) is 2. The van der Waals surface area contributed by atoms with Gasteiger partial charge in [-0.2, -0.15) is 9.97 Å². The van der Waals surface area contributed by atoms with Gasteiger partial charge >= 0.3 is 6.01 Å². The number of nitrogens with zero attached hydrogens (tertiary/aromatic N) is 5. The Morgan fingerprint density at radius 2 is 1.95 bits per heavy atom. The van der Waals surface area contributed by atoms with E-state index in [4.69, 9.17) is 14.5 Å². The van der Waals surface area contributed by atoms with Gasteiger partial charge in [0.05, 0.1) is 29.7 Å². The summed E-state index contributed by atoms with van der Waals surface area (Å²) in [4.78, 5) is 18.8. The first-order valence-electron chi connectivity index (χ1n) is 14.6. The number of fused-ring (bicyclic) bond motifs is 4. The molecule has 212 valence electrons. The van der Waals surface area contributed by atoms with E-state index in [1.54, 1.807) is 18.3 Å². The van der Waals surface area contributed by atoms with E-state index in [0.29, 0.717) is 43.1 Å². The molecule has 4 aliphatic rings. The fourth-order valence-corrected chi connectivity index (χ4v) is 7.43. The van der Waals surface area contributed by atoms with Crippen molar-refractivity contribution in [3.63, 3.8) is 0 Å². The lowest BCUT2D eigenvalue weighted by atomic mass is 9.95. The molecule has 9 nitrogen and oxygen atoms in total. The van der Waals surface area contributed by atoms with Crippen LogP contribution in [-0.2, 0) is 4.74 Å². The van der Waals surface area contributed by atoms with Crippen LogP contribution in [0.2, 0.25) is 0 Å². The van der Waals surface area contributed by atoms with Gasteiger partial charge in [-0.3, -0.25) is 9.88 Å². The van der Waals surface area contributed by atoms with Gasteiger partial charge in [0.1, 0.15) is 29.4 Å². The second-order valence-corrected chi connectivity index (χ2v) is 11.8. The van der Waals surface area contributed by atoms with Crippen molar-refractivity contribution in [3.8, 4) is 23.0 Å². The number of rotatable bonds is 5. The van der Waals surface area contributed by atoms with Crippen molar-refractivity contribution in [2.45, 2.75) is 43.4 Å². The molecule has 4 aliphatic heterocycles. The van der Waals surface area contributed by atoms with Gasteiger partial charge < -0.3 is 24.8 Å². The minimum Gasteiger partial charge on any atom is -0.508 e. The van der Waals surface area contributed by atoms with E-state index >= 15 is 4.39 Å². The first-order chi connectivity index (χ1) is 20.1. The van der Waals surface area contributed by atoms with Crippen LogP contribution in [0.15, 0.2) is 42.6 Å². The fraction of sp³-hybridized carbons (Fsp3) is 0.452. The molecule has 2 unspecified atom stereocenters. The van der Waals surface area contributed by atoms with Crippen molar-refractivity contribution < 1.29 is 19.0 Å². The van der Waals surface area contributed by atoms with Crippen LogP contribution in [0.25, 0.3) is 32.9 Å². The molecule has 0 bridgehead atoms. The Balaban J connectivity index is 1.24. The number of phenols is 1. The maximum absolute atomic E-state index is 16.6. The zero-order valence-electron chi connectivity index (χ0n) is 22.9. The molecule has 6 heterocycles. The van der Waals surface area contributed by atoms with Crippen molar-refractivity contribution in [2.24, 2.45) is 0 Å². The first-order valence-corrected chi connectivity index (χ1v) is 14.6. The smallest absolute Gasteiger partial charge is 0.319 e. The van der Waals surface area contributed by atoms with Crippen molar-refractivity contribution in [3.05, 3.63) is 48.4 Å². The molecule has 41 heavy (non-hydrogen) atoms. The highest BCUT2D eigenvalue weighted by Gasteiger charge is 2.45.